The molecule has 0 aliphatic heterocycles. The minimum Gasteiger partial charge on any atom is -0.389 e. The number of para-hydroxylation sites is 2. The topological polar surface area (TPSA) is 30.1 Å². The number of rotatable bonds is 4. The van der Waals surface area contributed by atoms with Crippen LogP contribution in [0.5, 0.6) is 0 Å². The van der Waals surface area contributed by atoms with E-state index in [1.54, 1.807) is 0 Å². The first-order valence-corrected chi connectivity index (χ1v) is 8.58. The van der Waals surface area contributed by atoms with E-state index in [0.29, 0.717) is 13.1 Å². The molecule has 3 heteroatoms. The maximum absolute atomic E-state index is 10.5. The second-order valence-corrected chi connectivity index (χ2v) is 5.68. The van der Waals surface area contributed by atoms with E-state index in [2.05, 4.69) is 53.1 Å². The van der Waals surface area contributed by atoms with Gasteiger partial charge in [-0.3, -0.25) is 0 Å². The third kappa shape index (κ3) is 3.08. The van der Waals surface area contributed by atoms with Crippen LogP contribution in [0.2, 0.25) is 0 Å². The molecule has 0 aliphatic carbocycles. The summed E-state index contributed by atoms with van der Waals surface area (Å²) >= 11 is 0. The van der Waals surface area contributed by atoms with E-state index in [1.165, 1.54) is 21.8 Å². The van der Waals surface area contributed by atoms with Crippen molar-refractivity contribution in [3.63, 3.8) is 0 Å². The highest BCUT2D eigenvalue weighted by atomic mass is 16.3. The molecule has 2 heterocycles. The fourth-order valence-electron chi connectivity index (χ4n) is 3.20. The summed E-state index contributed by atoms with van der Waals surface area (Å²) in [5.74, 6) is 0. The van der Waals surface area contributed by atoms with Crippen LogP contribution in [0.25, 0.3) is 21.8 Å². The van der Waals surface area contributed by atoms with Gasteiger partial charge in [0, 0.05) is 40.7 Å². The van der Waals surface area contributed by atoms with Crippen molar-refractivity contribution >= 4 is 21.8 Å². The average Bonchev–Trinajstić information content (AvgIpc) is 3.24. The average molecular weight is 320 g/mol. The van der Waals surface area contributed by atoms with Gasteiger partial charge in [-0.25, -0.2) is 0 Å². The number of hydrogen-bond donors (Lipinski definition) is 1. The molecule has 0 saturated carbocycles. The molecule has 1 atom stereocenters. The number of aliphatic hydroxyl groups excluding tert-OH is 1. The van der Waals surface area contributed by atoms with Crippen molar-refractivity contribution in [3.05, 3.63) is 73.1 Å². The molecule has 0 spiro atoms. The Morgan fingerprint density at radius 3 is 1.79 bits per heavy atom. The highest BCUT2D eigenvalue weighted by Crippen LogP contribution is 2.28. The molecule has 24 heavy (non-hydrogen) atoms. The van der Waals surface area contributed by atoms with E-state index in [1.807, 2.05) is 42.9 Å². The number of aromatic nitrogens is 2. The van der Waals surface area contributed by atoms with Crippen molar-refractivity contribution in [1.82, 2.24) is 9.13 Å². The van der Waals surface area contributed by atoms with Gasteiger partial charge in [0.25, 0.3) is 0 Å². The van der Waals surface area contributed by atoms with Crippen LogP contribution < -0.4 is 0 Å². The molecule has 0 saturated heterocycles. The smallest absolute Gasteiger partial charge is 0.0897 e. The van der Waals surface area contributed by atoms with Gasteiger partial charge in [0.2, 0.25) is 0 Å². The van der Waals surface area contributed by atoms with Crippen molar-refractivity contribution in [1.29, 1.82) is 0 Å². The van der Waals surface area contributed by atoms with E-state index in [-0.39, 0.29) is 0 Å². The Balaban J connectivity index is 0.000000815. The molecule has 1 N–H and O–H groups in total. The van der Waals surface area contributed by atoms with Crippen molar-refractivity contribution in [3.8, 4) is 0 Å². The predicted octanol–water partition coefficient (Wildman–Crippen LogP) is 4.68. The molecule has 0 radical (unpaired) electrons. The lowest BCUT2D eigenvalue weighted by Crippen LogP contribution is -2.21. The van der Waals surface area contributed by atoms with Gasteiger partial charge in [-0.2, -0.15) is 0 Å². The van der Waals surface area contributed by atoms with Crippen LogP contribution in [0.3, 0.4) is 0 Å². The van der Waals surface area contributed by atoms with Gasteiger partial charge in [0.1, 0.15) is 0 Å². The summed E-state index contributed by atoms with van der Waals surface area (Å²) < 4.78 is 4.23. The molecule has 0 fully saturated rings. The van der Waals surface area contributed by atoms with Crippen LogP contribution in [-0.4, -0.2) is 20.3 Å². The van der Waals surface area contributed by atoms with Gasteiger partial charge in [-0.15, -0.1) is 0 Å². The Labute approximate surface area is 142 Å². The Kier molecular flexibility index (Phi) is 5.02. The third-order valence-corrected chi connectivity index (χ3v) is 4.16. The summed E-state index contributed by atoms with van der Waals surface area (Å²) in [6.07, 6.45) is 3.54. The molecule has 4 aromatic rings. The van der Waals surface area contributed by atoms with Gasteiger partial charge >= 0.3 is 0 Å². The first-order valence-electron chi connectivity index (χ1n) is 8.58. The molecule has 0 amide bonds. The molecule has 1 unspecified atom stereocenters. The number of benzene rings is 2. The number of aliphatic hydroxyl groups is 1. The molecular formula is C21H24N2O. The zero-order chi connectivity index (χ0) is 16.9. The highest BCUT2D eigenvalue weighted by Gasteiger charge is 2.13. The lowest BCUT2D eigenvalue weighted by Gasteiger charge is -2.14. The number of hydrogen-bond acceptors (Lipinski definition) is 1. The number of fused-ring (bicyclic) bond motifs is 3. The van der Waals surface area contributed by atoms with E-state index in [0.717, 1.165) is 0 Å². The highest BCUT2D eigenvalue weighted by molar-refractivity contribution is 6.07. The monoisotopic (exact) mass is 320 g/mol. The summed E-state index contributed by atoms with van der Waals surface area (Å²) in [5.41, 5.74) is 2.35. The zero-order valence-electron chi connectivity index (χ0n) is 14.3. The van der Waals surface area contributed by atoms with Crippen LogP contribution in [0.15, 0.2) is 73.1 Å². The molecule has 2 aromatic heterocycles. The molecule has 3 nitrogen and oxygen atoms in total. The minimum absolute atomic E-state index is 0.424. The van der Waals surface area contributed by atoms with E-state index in [4.69, 9.17) is 0 Å². The molecule has 0 aliphatic rings. The SMILES string of the molecule is CC.OC(Cn1cccc1)Cn1c2ccccc2c2ccccc21. The van der Waals surface area contributed by atoms with Crippen LogP contribution in [0.1, 0.15) is 13.8 Å². The standard InChI is InChI=1S/C19H18N2O.C2H6/c22-15(13-20-11-5-6-12-20)14-21-18-9-3-1-7-16(18)17-8-2-4-10-19(17)21;1-2/h1-12,15,22H,13-14H2;1-2H3. The normalized spacial score (nSPS) is 12.1. The summed E-state index contributed by atoms with van der Waals surface area (Å²) in [6, 6.07) is 20.7. The molecule has 2 aromatic carbocycles. The van der Waals surface area contributed by atoms with Crippen molar-refractivity contribution in [2.75, 3.05) is 0 Å². The lowest BCUT2D eigenvalue weighted by molar-refractivity contribution is 0.137. The van der Waals surface area contributed by atoms with Gasteiger partial charge in [-0.1, -0.05) is 50.2 Å². The predicted molar refractivity (Wildman–Crippen MR) is 101 cm³/mol. The van der Waals surface area contributed by atoms with Crippen molar-refractivity contribution < 1.29 is 5.11 Å². The maximum Gasteiger partial charge on any atom is 0.0897 e. The van der Waals surface area contributed by atoms with Gasteiger partial charge in [-0.05, 0) is 24.3 Å². The van der Waals surface area contributed by atoms with Gasteiger partial charge in [0.05, 0.1) is 12.6 Å². The third-order valence-electron chi connectivity index (χ3n) is 4.16. The minimum atomic E-state index is -0.424. The van der Waals surface area contributed by atoms with Crippen LogP contribution in [0, 0.1) is 0 Å². The Morgan fingerprint density at radius 2 is 1.25 bits per heavy atom. The molecule has 4 rings (SSSR count). The summed E-state index contributed by atoms with van der Waals surface area (Å²) in [7, 11) is 0. The molecule has 0 bridgehead atoms. The number of nitrogens with zero attached hydrogens (tertiary/aromatic N) is 2. The first-order chi connectivity index (χ1) is 11.8. The Hall–Kier alpha value is -2.52. The Morgan fingerprint density at radius 1 is 0.750 bits per heavy atom. The van der Waals surface area contributed by atoms with Crippen LogP contribution in [0.4, 0.5) is 0 Å². The molecular weight excluding hydrogens is 296 g/mol. The second kappa shape index (κ2) is 7.37. The fourth-order valence-corrected chi connectivity index (χ4v) is 3.20. The zero-order valence-corrected chi connectivity index (χ0v) is 14.3. The first kappa shape index (κ1) is 16.3. The molecule has 124 valence electrons. The van der Waals surface area contributed by atoms with Crippen LogP contribution >= 0.6 is 0 Å². The second-order valence-electron chi connectivity index (χ2n) is 5.68. The Bertz CT molecular complexity index is 853. The van der Waals surface area contributed by atoms with Gasteiger partial charge in [0.15, 0.2) is 0 Å². The van der Waals surface area contributed by atoms with E-state index in [9.17, 15) is 5.11 Å². The van der Waals surface area contributed by atoms with Crippen molar-refractivity contribution in [2.45, 2.75) is 33.0 Å². The summed E-state index contributed by atoms with van der Waals surface area (Å²) in [4.78, 5) is 0. The lowest BCUT2D eigenvalue weighted by atomic mass is 10.2. The van der Waals surface area contributed by atoms with Crippen LogP contribution in [-0.2, 0) is 13.1 Å². The van der Waals surface area contributed by atoms with E-state index >= 15 is 0 Å². The van der Waals surface area contributed by atoms with E-state index < -0.39 is 6.10 Å². The summed E-state index contributed by atoms with van der Waals surface area (Å²) in [5, 5.41) is 13.0. The fraction of sp³-hybridized carbons (Fsp3) is 0.238. The van der Waals surface area contributed by atoms with Crippen molar-refractivity contribution in [2.24, 2.45) is 0 Å². The largest absolute Gasteiger partial charge is 0.389 e. The summed E-state index contributed by atoms with van der Waals surface area (Å²) in [6.45, 7) is 5.19. The maximum atomic E-state index is 10.5. The quantitative estimate of drug-likeness (QED) is 0.581. The van der Waals surface area contributed by atoms with Gasteiger partial charge < -0.3 is 14.2 Å².